The van der Waals surface area contributed by atoms with Crippen LogP contribution in [0.25, 0.3) is 5.65 Å². The Bertz CT molecular complexity index is 944. The van der Waals surface area contributed by atoms with Crippen molar-refractivity contribution in [2.45, 2.75) is 20.3 Å². The Morgan fingerprint density at radius 3 is 2.75 bits per heavy atom. The highest BCUT2D eigenvalue weighted by molar-refractivity contribution is 6.05. The molecule has 0 aliphatic rings. The van der Waals surface area contributed by atoms with E-state index in [1.807, 2.05) is 26.0 Å². The van der Waals surface area contributed by atoms with Crippen molar-refractivity contribution < 1.29 is 14.7 Å². The number of imidazole rings is 1. The van der Waals surface area contributed by atoms with Crippen LogP contribution in [-0.4, -0.2) is 26.4 Å². The highest BCUT2D eigenvalue weighted by atomic mass is 16.4. The molecule has 0 spiro atoms. The Labute approximate surface area is 138 Å². The van der Waals surface area contributed by atoms with Crippen molar-refractivity contribution >= 4 is 23.2 Å². The number of hydrogen-bond acceptors (Lipinski definition) is 3. The van der Waals surface area contributed by atoms with Gasteiger partial charge in [0.1, 0.15) is 11.3 Å². The van der Waals surface area contributed by atoms with Gasteiger partial charge < -0.3 is 10.4 Å². The second kappa shape index (κ2) is 6.16. The van der Waals surface area contributed by atoms with Gasteiger partial charge in [0.25, 0.3) is 5.91 Å². The molecule has 0 atom stereocenters. The van der Waals surface area contributed by atoms with Gasteiger partial charge in [-0.15, -0.1) is 0 Å². The summed E-state index contributed by atoms with van der Waals surface area (Å²) in [5.74, 6) is -1.35. The Kier molecular flexibility index (Phi) is 4.04. The fourth-order valence-electron chi connectivity index (χ4n) is 2.66. The number of aryl methyl sites for hydroxylation is 2. The number of pyridine rings is 1. The number of amides is 1. The summed E-state index contributed by atoms with van der Waals surface area (Å²) >= 11 is 0. The van der Waals surface area contributed by atoms with Gasteiger partial charge in [0.2, 0.25) is 0 Å². The van der Waals surface area contributed by atoms with Crippen molar-refractivity contribution in [3.8, 4) is 0 Å². The Morgan fingerprint density at radius 2 is 2.04 bits per heavy atom. The SMILES string of the molecule is CCc1nc2c(C)cccn2c1C(=O)Nc1cccc(C(=O)O)c1. The van der Waals surface area contributed by atoms with Crippen LogP contribution < -0.4 is 5.32 Å². The van der Waals surface area contributed by atoms with Crippen molar-refractivity contribution in [3.63, 3.8) is 0 Å². The molecule has 122 valence electrons. The first-order valence-electron chi connectivity index (χ1n) is 7.62. The summed E-state index contributed by atoms with van der Waals surface area (Å²) in [5, 5.41) is 11.8. The zero-order chi connectivity index (χ0) is 17.3. The average molecular weight is 323 g/mol. The number of carbonyl (C=O) groups excluding carboxylic acids is 1. The van der Waals surface area contributed by atoms with E-state index in [0.29, 0.717) is 23.5 Å². The molecule has 0 aliphatic heterocycles. The topological polar surface area (TPSA) is 83.7 Å². The van der Waals surface area contributed by atoms with Gasteiger partial charge in [-0.2, -0.15) is 0 Å². The number of rotatable bonds is 4. The Hall–Kier alpha value is -3.15. The molecule has 24 heavy (non-hydrogen) atoms. The van der Waals surface area contributed by atoms with Gasteiger partial charge in [0.05, 0.1) is 11.3 Å². The zero-order valence-corrected chi connectivity index (χ0v) is 13.4. The van der Waals surface area contributed by atoms with E-state index < -0.39 is 5.97 Å². The van der Waals surface area contributed by atoms with Crippen LogP contribution in [0.5, 0.6) is 0 Å². The fraction of sp³-hybridized carbons (Fsp3) is 0.167. The molecule has 0 bridgehead atoms. The quantitative estimate of drug-likeness (QED) is 0.772. The maximum atomic E-state index is 12.7. The lowest BCUT2D eigenvalue weighted by Gasteiger charge is -2.07. The first-order valence-corrected chi connectivity index (χ1v) is 7.62. The normalized spacial score (nSPS) is 10.8. The van der Waals surface area contributed by atoms with E-state index in [9.17, 15) is 9.59 Å². The molecule has 0 aliphatic carbocycles. The third-order valence-corrected chi connectivity index (χ3v) is 3.83. The summed E-state index contributed by atoms with van der Waals surface area (Å²) in [6.45, 7) is 3.89. The molecule has 0 saturated heterocycles. The smallest absolute Gasteiger partial charge is 0.335 e. The van der Waals surface area contributed by atoms with E-state index in [1.54, 1.807) is 22.7 Å². The maximum absolute atomic E-state index is 12.7. The molecule has 2 N–H and O–H groups in total. The molecule has 6 heteroatoms. The van der Waals surface area contributed by atoms with E-state index in [4.69, 9.17) is 5.11 Å². The van der Waals surface area contributed by atoms with Crippen LogP contribution in [0.2, 0.25) is 0 Å². The molecule has 3 aromatic rings. The number of carboxylic acids is 1. The molecule has 2 heterocycles. The molecule has 3 rings (SSSR count). The van der Waals surface area contributed by atoms with Crippen LogP contribution in [0.3, 0.4) is 0 Å². The van der Waals surface area contributed by atoms with Crippen molar-refractivity contribution in [2.75, 3.05) is 5.32 Å². The summed E-state index contributed by atoms with van der Waals surface area (Å²) in [6, 6.07) is 9.97. The minimum atomic E-state index is -1.04. The van der Waals surface area contributed by atoms with Crippen LogP contribution in [0.15, 0.2) is 42.6 Å². The minimum absolute atomic E-state index is 0.123. The molecule has 0 radical (unpaired) electrons. The van der Waals surface area contributed by atoms with Gasteiger partial charge in [-0.3, -0.25) is 9.20 Å². The first-order chi connectivity index (χ1) is 11.5. The van der Waals surface area contributed by atoms with E-state index >= 15 is 0 Å². The highest BCUT2D eigenvalue weighted by Gasteiger charge is 2.19. The maximum Gasteiger partial charge on any atom is 0.335 e. The molecule has 1 amide bonds. The summed E-state index contributed by atoms with van der Waals surface area (Å²) in [5.41, 5.74) is 3.47. The average Bonchev–Trinajstić information content (AvgIpc) is 2.95. The van der Waals surface area contributed by atoms with Crippen LogP contribution in [0.1, 0.15) is 39.0 Å². The lowest BCUT2D eigenvalue weighted by atomic mass is 10.2. The summed E-state index contributed by atoms with van der Waals surface area (Å²) in [4.78, 5) is 28.3. The van der Waals surface area contributed by atoms with Crippen molar-refractivity contribution in [1.82, 2.24) is 9.38 Å². The number of aromatic nitrogens is 2. The third kappa shape index (κ3) is 2.74. The molecule has 2 aromatic heterocycles. The number of nitrogens with one attached hydrogen (secondary N) is 1. The van der Waals surface area contributed by atoms with Gasteiger partial charge in [-0.05, 0) is 43.2 Å². The van der Waals surface area contributed by atoms with Crippen molar-refractivity contribution in [2.24, 2.45) is 0 Å². The van der Waals surface area contributed by atoms with E-state index in [0.717, 1.165) is 11.2 Å². The Balaban J connectivity index is 2.01. The molecule has 1 aromatic carbocycles. The number of anilines is 1. The van der Waals surface area contributed by atoms with Crippen molar-refractivity contribution in [1.29, 1.82) is 0 Å². The van der Waals surface area contributed by atoms with Crippen LogP contribution >= 0.6 is 0 Å². The lowest BCUT2D eigenvalue weighted by molar-refractivity contribution is 0.0696. The molecule has 6 nitrogen and oxygen atoms in total. The number of carboxylic acid groups (broad SMARTS) is 1. The second-order valence-corrected chi connectivity index (χ2v) is 5.49. The number of fused-ring (bicyclic) bond motifs is 1. The monoisotopic (exact) mass is 323 g/mol. The van der Waals surface area contributed by atoms with Gasteiger partial charge in [0, 0.05) is 11.9 Å². The lowest BCUT2D eigenvalue weighted by Crippen LogP contribution is -2.16. The standard InChI is InChI=1S/C18H17N3O3/c1-3-14-15(21-9-5-6-11(2)16(21)20-14)17(22)19-13-8-4-7-12(10-13)18(23)24/h4-10H,3H2,1-2H3,(H,19,22)(H,23,24). The van der Waals surface area contributed by atoms with Crippen LogP contribution in [0, 0.1) is 6.92 Å². The van der Waals surface area contributed by atoms with E-state index in [-0.39, 0.29) is 11.5 Å². The van der Waals surface area contributed by atoms with Crippen LogP contribution in [0.4, 0.5) is 5.69 Å². The number of benzene rings is 1. The summed E-state index contributed by atoms with van der Waals surface area (Å²) in [6.07, 6.45) is 2.43. The number of carbonyl (C=O) groups is 2. The highest BCUT2D eigenvalue weighted by Crippen LogP contribution is 2.19. The minimum Gasteiger partial charge on any atom is -0.478 e. The third-order valence-electron chi connectivity index (χ3n) is 3.83. The summed E-state index contributed by atoms with van der Waals surface area (Å²) in [7, 11) is 0. The zero-order valence-electron chi connectivity index (χ0n) is 13.4. The molecular formula is C18H17N3O3. The first kappa shape index (κ1) is 15.7. The van der Waals surface area contributed by atoms with Gasteiger partial charge in [-0.1, -0.05) is 19.1 Å². The number of nitrogens with zero attached hydrogens (tertiary/aromatic N) is 2. The number of hydrogen-bond donors (Lipinski definition) is 2. The van der Waals surface area contributed by atoms with Crippen molar-refractivity contribution in [3.05, 3.63) is 65.1 Å². The van der Waals surface area contributed by atoms with Gasteiger partial charge >= 0.3 is 5.97 Å². The summed E-state index contributed by atoms with van der Waals surface area (Å²) < 4.78 is 1.77. The molecule has 0 saturated carbocycles. The van der Waals surface area contributed by atoms with E-state index in [2.05, 4.69) is 10.3 Å². The molecule has 0 fully saturated rings. The second-order valence-electron chi connectivity index (χ2n) is 5.49. The number of aromatic carboxylic acids is 1. The largest absolute Gasteiger partial charge is 0.478 e. The molecule has 0 unspecified atom stereocenters. The predicted molar refractivity (Wildman–Crippen MR) is 90.7 cm³/mol. The van der Waals surface area contributed by atoms with Gasteiger partial charge in [-0.25, -0.2) is 9.78 Å². The predicted octanol–water partition coefficient (Wildman–Crippen LogP) is 3.16. The Morgan fingerprint density at radius 1 is 1.25 bits per heavy atom. The fourth-order valence-corrected chi connectivity index (χ4v) is 2.66. The molecular weight excluding hydrogens is 306 g/mol. The van der Waals surface area contributed by atoms with Crippen LogP contribution in [-0.2, 0) is 6.42 Å². The van der Waals surface area contributed by atoms with E-state index in [1.165, 1.54) is 12.1 Å². The van der Waals surface area contributed by atoms with Gasteiger partial charge in [0.15, 0.2) is 0 Å².